The molecule has 0 heterocycles. The Bertz CT molecular complexity index is 280. The Labute approximate surface area is 98.5 Å². The lowest BCUT2D eigenvalue weighted by Crippen LogP contribution is -1.94. The molecule has 0 aromatic heterocycles. The Kier molecular flexibility index (Phi) is 5.85. The van der Waals surface area contributed by atoms with Gasteiger partial charge in [0.1, 0.15) is 0 Å². The first-order valence-electron chi connectivity index (χ1n) is 5.98. The highest BCUT2D eigenvalue weighted by Gasteiger charge is 2.02. The summed E-state index contributed by atoms with van der Waals surface area (Å²) in [5.41, 5.74) is 1.49. The van der Waals surface area contributed by atoms with E-state index in [0.29, 0.717) is 0 Å². The van der Waals surface area contributed by atoms with E-state index in [9.17, 15) is 0 Å². The molecule has 0 saturated heterocycles. The highest BCUT2D eigenvalue weighted by Crippen LogP contribution is 2.25. The zero-order valence-corrected chi connectivity index (χ0v) is 10.9. The molecule has 1 aromatic carbocycles. The molecule has 0 aliphatic heterocycles. The molecule has 0 saturated carbocycles. The van der Waals surface area contributed by atoms with Gasteiger partial charge in [-0.3, -0.25) is 0 Å². The Hall–Kier alpha value is -0.430. The third-order valence-corrected chi connectivity index (χ3v) is 4.07. The van der Waals surface area contributed by atoms with Gasteiger partial charge < -0.3 is 0 Å². The molecule has 0 aliphatic carbocycles. The summed E-state index contributed by atoms with van der Waals surface area (Å²) in [6.45, 7) is 6.84. The maximum Gasteiger partial charge on any atom is 0.0104 e. The number of thioether (sulfide) groups is 1. The van der Waals surface area contributed by atoms with Crippen LogP contribution in [0.5, 0.6) is 0 Å². The maximum atomic E-state index is 2.34. The Morgan fingerprint density at radius 2 is 1.93 bits per heavy atom. The van der Waals surface area contributed by atoms with Crippen molar-refractivity contribution in [3.8, 4) is 0 Å². The third kappa shape index (κ3) is 4.29. The first-order valence-corrected chi connectivity index (χ1v) is 6.97. The minimum Gasteiger partial charge on any atom is -0.126 e. The van der Waals surface area contributed by atoms with Gasteiger partial charge in [-0.25, -0.2) is 0 Å². The standard InChI is InChI=1S/C14H22S/c1-4-12(3)10-11-15-14-9-7-6-8-13(14)5-2/h6-9,12H,4-5,10-11H2,1-3H3. The predicted octanol–water partition coefficient (Wildman–Crippen LogP) is 4.78. The Morgan fingerprint density at radius 3 is 2.60 bits per heavy atom. The number of benzene rings is 1. The average molecular weight is 222 g/mol. The molecule has 0 aliphatic rings. The molecule has 0 amide bonds. The van der Waals surface area contributed by atoms with Crippen LogP contribution < -0.4 is 0 Å². The van der Waals surface area contributed by atoms with Gasteiger partial charge in [-0.2, -0.15) is 0 Å². The fourth-order valence-corrected chi connectivity index (χ4v) is 2.82. The number of hydrogen-bond acceptors (Lipinski definition) is 1. The van der Waals surface area contributed by atoms with Crippen molar-refractivity contribution >= 4 is 11.8 Å². The summed E-state index contributed by atoms with van der Waals surface area (Å²) >= 11 is 2.02. The zero-order chi connectivity index (χ0) is 11.1. The lowest BCUT2D eigenvalue weighted by molar-refractivity contribution is 0.549. The SMILES string of the molecule is CCc1ccccc1SCCC(C)CC. The van der Waals surface area contributed by atoms with E-state index < -0.39 is 0 Å². The van der Waals surface area contributed by atoms with Crippen LogP contribution in [0.3, 0.4) is 0 Å². The van der Waals surface area contributed by atoms with Gasteiger partial charge in [0.25, 0.3) is 0 Å². The quantitative estimate of drug-likeness (QED) is 0.624. The van der Waals surface area contributed by atoms with Crippen molar-refractivity contribution in [1.29, 1.82) is 0 Å². The topological polar surface area (TPSA) is 0 Å². The van der Waals surface area contributed by atoms with Gasteiger partial charge in [0.05, 0.1) is 0 Å². The largest absolute Gasteiger partial charge is 0.126 e. The summed E-state index contributed by atoms with van der Waals surface area (Å²) < 4.78 is 0. The fourth-order valence-electron chi connectivity index (χ4n) is 1.51. The van der Waals surface area contributed by atoms with E-state index in [0.717, 1.165) is 12.3 Å². The van der Waals surface area contributed by atoms with Crippen LogP contribution in [-0.2, 0) is 6.42 Å². The van der Waals surface area contributed by atoms with Crippen LogP contribution in [0.4, 0.5) is 0 Å². The van der Waals surface area contributed by atoms with Crippen molar-refractivity contribution in [3.05, 3.63) is 29.8 Å². The molecule has 0 radical (unpaired) electrons. The maximum absolute atomic E-state index is 2.34. The summed E-state index contributed by atoms with van der Waals surface area (Å²) in [6.07, 6.45) is 3.78. The molecule has 15 heavy (non-hydrogen) atoms. The molecule has 0 fully saturated rings. The van der Waals surface area contributed by atoms with Crippen LogP contribution in [-0.4, -0.2) is 5.75 Å². The lowest BCUT2D eigenvalue weighted by Gasteiger charge is -2.09. The number of rotatable bonds is 6. The van der Waals surface area contributed by atoms with Gasteiger partial charge in [-0.05, 0) is 36.1 Å². The molecular weight excluding hydrogens is 200 g/mol. The minimum atomic E-state index is 0.867. The van der Waals surface area contributed by atoms with Crippen molar-refractivity contribution < 1.29 is 0 Å². The van der Waals surface area contributed by atoms with Crippen LogP contribution >= 0.6 is 11.8 Å². The Balaban J connectivity index is 2.43. The van der Waals surface area contributed by atoms with Gasteiger partial charge in [-0.1, -0.05) is 45.4 Å². The van der Waals surface area contributed by atoms with Crippen LogP contribution in [0.2, 0.25) is 0 Å². The molecule has 0 N–H and O–H groups in total. The first kappa shape index (κ1) is 12.6. The van der Waals surface area contributed by atoms with Gasteiger partial charge >= 0.3 is 0 Å². The fraction of sp³-hybridized carbons (Fsp3) is 0.571. The van der Waals surface area contributed by atoms with E-state index in [-0.39, 0.29) is 0 Å². The Morgan fingerprint density at radius 1 is 1.20 bits per heavy atom. The summed E-state index contributed by atoms with van der Waals surface area (Å²) in [5.74, 6) is 2.12. The van der Waals surface area contributed by atoms with Crippen molar-refractivity contribution in [2.24, 2.45) is 5.92 Å². The summed E-state index contributed by atoms with van der Waals surface area (Å²) in [5, 5.41) is 0. The number of aryl methyl sites for hydroxylation is 1. The number of hydrogen-bond donors (Lipinski definition) is 0. The van der Waals surface area contributed by atoms with Crippen molar-refractivity contribution in [2.75, 3.05) is 5.75 Å². The monoisotopic (exact) mass is 222 g/mol. The van der Waals surface area contributed by atoms with Gasteiger partial charge in [-0.15, -0.1) is 11.8 Å². The van der Waals surface area contributed by atoms with E-state index in [2.05, 4.69) is 45.0 Å². The molecule has 1 unspecified atom stereocenters. The van der Waals surface area contributed by atoms with Crippen molar-refractivity contribution in [3.63, 3.8) is 0 Å². The van der Waals surface area contributed by atoms with E-state index >= 15 is 0 Å². The molecule has 0 nitrogen and oxygen atoms in total. The van der Waals surface area contributed by atoms with Crippen molar-refractivity contribution in [1.82, 2.24) is 0 Å². The molecule has 1 aromatic rings. The van der Waals surface area contributed by atoms with E-state index in [1.165, 1.54) is 29.1 Å². The van der Waals surface area contributed by atoms with Crippen LogP contribution in [0.1, 0.15) is 39.2 Å². The summed E-state index contributed by atoms with van der Waals surface area (Å²) in [7, 11) is 0. The molecule has 84 valence electrons. The van der Waals surface area contributed by atoms with Gasteiger partial charge in [0.15, 0.2) is 0 Å². The van der Waals surface area contributed by atoms with E-state index in [4.69, 9.17) is 0 Å². The molecule has 1 rings (SSSR count). The first-order chi connectivity index (χ1) is 7.27. The summed E-state index contributed by atoms with van der Waals surface area (Å²) in [4.78, 5) is 1.48. The zero-order valence-electron chi connectivity index (χ0n) is 10.1. The molecule has 0 spiro atoms. The van der Waals surface area contributed by atoms with Gasteiger partial charge in [0, 0.05) is 4.90 Å². The minimum absolute atomic E-state index is 0.867. The normalized spacial score (nSPS) is 12.7. The van der Waals surface area contributed by atoms with Crippen molar-refractivity contribution in [2.45, 2.75) is 44.9 Å². The average Bonchev–Trinajstić information content (AvgIpc) is 2.29. The van der Waals surface area contributed by atoms with E-state index in [1.807, 2.05) is 11.8 Å². The second-order valence-corrected chi connectivity index (χ2v) is 5.25. The highest BCUT2D eigenvalue weighted by atomic mass is 32.2. The van der Waals surface area contributed by atoms with Crippen LogP contribution in [0, 0.1) is 5.92 Å². The molecule has 1 atom stereocenters. The van der Waals surface area contributed by atoms with Crippen LogP contribution in [0.15, 0.2) is 29.2 Å². The second-order valence-electron chi connectivity index (χ2n) is 4.11. The van der Waals surface area contributed by atoms with Gasteiger partial charge in [0.2, 0.25) is 0 Å². The third-order valence-electron chi connectivity index (χ3n) is 2.92. The van der Waals surface area contributed by atoms with Crippen LogP contribution in [0.25, 0.3) is 0 Å². The smallest absolute Gasteiger partial charge is 0.0104 e. The molecular formula is C14H22S. The summed E-state index contributed by atoms with van der Waals surface area (Å²) in [6, 6.07) is 8.77. The molecule has 0 bridgehead atoms. The lowest BCUT2D eigenvalue weighted by atomic mass is 10.1. The predicted molar refractivity (Wildman–Crippen MR) is 70.6 cm³/mol. The second kappa shape index (κ2) is 6.95. The van der Waals surface area contributed by atoms with E-state index in [1.54, 1.807) is 0 Å². The highest BCUT2D eigenvalue weighted by molar-refractivity contribution is 7.99. The molecule has 1 heteroatoms.